The fraction of sp³-hybridized carbons (Fsp3) is 0.227. The zero-order chi connectivity index (χ0) is 23.8. The van der Waals surface area contributed by atoms with Gasteiger partial charge >= 0.3 is 6.18 Å². The maximum absolute atomic E-state index is 14.7. The van der Waals surface area contributed by atoms with Crippen molar-refractivity contribution in [3.05, 3.63) is 82.9 Å². The molecule has 0 aromatic carbocycles. The lowest BCUT2D eigenvalue weighted by Gasteiger charge is -2.08. The standard InChI is InChI=1S/C22H18F4N4O2S/c1-33(31,32)17-9-18-15(11-28-21(18)29-12-17)8-14-4-6-16(30-20(14)23)5-2-13-3-7-19(27-10-13)22(24,25)26/h3-4,6-7,9-12H,2,5,8H2,1H3,(H,28,29). The van der Waals surface area contributed by atoms with Gasteiger partial charge in [0, 0.05) is 47.9 Å². The molecule has 0 radical (unpaired) electrons. The number of hydrogen-bond acceptors (Lipinski definition) is 5. The predicted octanol–water partition coefficient (Wildman–Crippen LogP) is 4.29. The first kappa shape index (κ1) is 22.8. The van der Waals surface area contributed by atoms with Crippen LogP contribution in [0.5, 0.6) is 0 Å². The number of aromatic nitrogens is 4. The molecule has 0 aliphatic carbocycles. The molecule has 0 aliphatic heterocycles. The molecule has 0 saturated heterocycles. The van der Waals surface area contributed by atoms with Crippen LogP contribution in [0.4, 0.5) is 17.6 Å². The maximum atomic E-state index is 14.7. The van der Waals surface area contributed by atoms with Gasteiger partial charge in [0.2, 0.25) is 5.95 Å². The Kier molecular flexibility index (Phi) is 5.91. The van der Waals surface area contributed by atoms with Crippen molar-refractivity contribution >= 4 is 20.9 Å². The molecule has 0 unspecified atom stereocenters. The molecule has 172 valence electrons. The highest BCUT2D eigenvalue weighted by Gasteiger charge is 2.31. The molecule has 4 rings (SSSR count). The van der Waals surface area contributed by atoms with Crippen LogP contribution in [-0.4, -0.2) is 34.6 Å². The van der Waals surface area contributed by atoms with E-state index in [2.05, 4.69) is 19.9 Å². The van der Waals surface area contributed by atoms with Crippen LogP contribution < -0.4 is 0 Å². The van der Waals surface area contributed by atoms with Crippen LogP contribution in [0.25, 0.3) is 11.0 Å². The first-order valence-electron chi connectivity index (χ1n) is 9.83. The Labute approximate surface area is 186 Å². The molecular weight excluding hydrogens is 460 g/mol. The number of H-pyrrole nitrogens is 1. The molecule has 11 heteroatoms. The van der Waals surface area contributed by atoms with E-state index >= 15 is 0 Å². The van der Waals surface area contributed by atoms with E-state index < -0.39 is 27.7 Å². The van der Waals surface area contributed by atoms with E-state index in [0.717, 1.165) is 18.5 Å². The van der Waals surface area contributed by atoms with Gasteiger partial charge in [0.05, 0.1) is 4.90 Å². The highest BCUT2D eigenvalue weighted by molar-refractivity contribution is 7.90. The van der Waals surface area contributed by atoms with E-state index in [9.17, 15) is 26.0 Å². The number of alkyl halides is 3. The fourth-order valence-electron chi connectivity index (χ4n) is 3.38. The van der Waals surface area contributed by atoms with Crippen LogP contribution in [-0.2, 0) is 35.3 Å². The second kappa shape index (κ2) is 8.54. The number of rotatable bonds is 6. The minimum atomic E-state index is -4.49. The highest BCUT2D eigenvalue weighted by atomic mass is 32.2. The molecular formula is C22H18F4N4O2S. The summed E-state index contributed by atoms with van der Waals surface area (Å²) in [5, 5.41) is 0.580. The second-order valence-electron chi connectivity index (χ2n) is 7.63. The maximum Gasteiger partial charge on any atom is 0.433 e. The number of halogens is 4. The number of fused-ring (bicyclic) bond motifs is 1. The molecule has 4 aromatic heterocycles. The molecule has 33 heavy (non-hydrogen) atoms. The zero-order valence-electron chi connectivity index (χ0n) is 17.3. The Balaban J connectivity index is 1.48. The summed E-state index contributed by atoms with van der Waals surface area (Å²) in [4.78, 5) is 14.5. The first-order valence-corrected chi connectivity index (χ1v) is 11.7. The van der Waals surface area contributed by atoms with Crippen molar-refractivity contribution in [1.29, 1.82) is 0 Å². The van der Waals surface area contributed by atoms with E-state index in [-0.39, 0.29) is 11.3 Å². The average molecular weight is 478 g/mol. The van der Waals surface area contributed by atoms with Gasteiger partial charge in [0.1, 0.15) is 11.3 Å². The van der Waals surface area contributed by atoms with E-state index in [1.807, 2.05) is 0 Å². The molecule has 0 saturated carbocycles. The summed E-state index contributed by atoms with van der Waals surface area (Å²) in [6.45, 7) is 0. The number of hydrogen-bond donors (Lipinski definition) is 1. The van der Waals surface area contributed by atoms with Crippen LogP contribution >= 0.6 is 0 Å². The highest BCUT2D eigenvalue weighted by Crippen LogP contribution is 2.27. The molecule has 4 aromatic rings. The Morgan fingerprint density at radius 2 is 1.79 bits per heavy atom. The summed E-state index contributed by atoms with van der Waals surface area (Å²) in [6, 6.07) is 7.01. The number of nitrogens with zero attached hydrogens (tertiary/aromatic N) is 3. The SMILES string of the molecule is CS(=O)(=O)c1cnc2[nH]cc(Cc3ccc(CCc4ccc(C(F)(F)F)nc4)nc3F)c2c1. The van der Waals surface area contributed by atoms with Gasteiger partial charge in [0.15, 0.2) is 9.84 Å². The second-order valence-corrected chi connectivity index (χ2v) is 9.65. The summed E-state index contributed by atoms with van der Waals surface area (Å²) in [5.41, 5.74) is 1.56. The van der Waals surface area contributed by atoms with Crippen LogP contribution in [0.3, 0.4) is 0 Å². The number of pyridine rings is 3. The van der Waals surface area contributed by atoms with Gasteiger partial charge in [-0.2, -0.15) is 17.6 Å². The largest absolute Gasteiger partial charge is 0.433 e. The van der Waals surface area contributed by atoms with Gasteiger partial charge in [-0.05, 0) is 42.2 Å². The van der Waals surface area contributed by atoms with Crippen molar-refractivity contribution in [3.63, 3.8) is 0 Å². The topological polar surface area (TPSA) is 88.6 Å². The molecule has 0 bridgehead atoms. The third-order valence-corrected chi connectivity index (χ3v) is 6.25. The van der Waals surface area contributed by atoms with Gasteiger partial charge in [0.25, 0.3) is 0 Å². The van der Waals surface area contributed by atoms with Gasteiger partial charge in [-0.1, -0.05) is 12.1 Å². The van der Waals surface area contributed by atoms with Gasteiger partial charge in [-0.25, -0.2) is 18.4 Å². The Morgan fingerprint density at radius 1 is 1.00 bits per heavy atom. The normalized spacial score (nSPS) is 12.4. The van der Waals surface area contributed by atoms with E-state index in [1.165, 1.54) is 18.3 Å². The Morgan fingerprint density at radius 3 is 2.42 bits per heavy atom. The third kappa shape index (κ3) is 5.19. The van der Waals surface area contributed by atoms with Crippen LogP contribution in [0, 0.1) is 5.95 Å². The third-order valence-electron chi connectivity index (χ3n) is 5.17. The van der Waals surface area contributed by atoms with E-state index in [0.29, 0.717) is 46.3 Å². The quantitative estimate of drug-likeness (QED) is 0.330. The number of aromatic amines is 1. The molecule has 0 amide bonds. The lowest BCUT2D eigenvalue weighted by Crippen LogP contribution is -2.08. The molecule has 0 spiro atoms. The predicted molar refractivity (Wildman–Crippen MR) is 113 cm³/mol. The van der Waals surface area contributed by atoms with Crippen LogP contribution in [0.2, 0.25) is 0 Å². The van der Waals surface area contributed by atoms with E-state index in [4.69, 9.17) is 0 Å². The number of nitrogens with one attached hydrogen (secondary N) is 1. The molecule has 0 fully saturated rings. The van der Waals surface area contributed by atoms with Gasteiger partial charge in [-0.15, -0.1) is 0 Å². The molecule has 0 atom stereocenters. The summed E-state index contributed by atoms with van der Waals surface area (Å²) in [5.74, 6) is -0.667. The van der Waals surface area contributed by atoms with Crippen LogP contribution in [0.1, 0.15) is 28.1 Å². The van der Waals surface area contributed by atoms with E-state index in [1.54, 1.807) is 18.3 Å². The summed E-state index contributed by atoms with van der Waals surface area (Å²) in [6.07, 6.45) is 1.53. The molecule has 4 heterocycles. The average Bonchev–Trinajstić information content (AvgIpc) is 3.15. The fourth-order valence-corrected chi connectivity index (χ4v) is 3.95. The number of sulfone groups is 1. The van der Waals surface area contributed by atoms with Crippen molar-refractivity contribution in [1.82, 2.24) is 19.9 Å². The first-order chi connectivity index (χ1) is 15.5. The Bertz CT molecular complexity index is 1410. The van der Waals surface area contributed by atoms with Gasteiger partial charge < -0.3 is 4.98 Å². The Hall–Kier alpha value is -3.34. The lowest BCUT2D eigenvalue weighted by atomic mass is 10.0. The summed E-state index contributed by atoms with van der Waals surface area (Å²) >= 11 is 0. The molecule has 1 N–H and O–H groups in total. The molecule has 0 aliphatic rings. The van der Waals surface area contributed by atoms with Crippen molar-refractivity contribution in [3.8, 4) is 0 Å². The van der Waals surface area contributed by atoms with Crippen molar-refractivity contribution in [2.24, 2.45) is 0 Å². The molecule has 6 nitrogen and oxygen atoms in total. The van der Waals surface area contributed by atoms with Gasteiger partial charge in [-0.3, -0.25) is 4.98 Å². The zero-order valence-corrected chi connectivity index (χ0v) is 18.1. The number of aryl methyl sites for hydroxylation is 2. The smallest absolute Gasteiger partial charge is 0.346 e. The van der Waals surface area contributed by atoms with Crippen molar-refractivity contribution in [2.75, 3.05) is 6.26 Å². The minimum absolute atomic E-state index is 0.0718. The van der Waals surface area contributed by atoms with Crippen LogP contribution in [0.15, 0.2) is 53.8 Å². The summed E-state index contributed by atoms with van der Waals surface area (Å²) in [7, 11) is -3.44. The summed E-state index contributed by atoms with van der Waals surface area (Å²) < 4.78 is 76.1. The lowest BCUT2D eigenvalue weighted by molar-refractivity contribution is -0.141. The minimum Gasteiger partial charge on any atom is -0.346 e. The van der Waals surface area contributed by atoms with Crippen molar-refractivity contribution < 1.29 is 26.0 Å². The van der Waals surface area contributed by atoms with Crippen molar-refractivity contribution in [2.45, 2.75) is 30.3 Å². The monoisotopic (exact) mass is 478 g/mol.